The van der Waals surface area contributed by atoms with E-state index in [0.29, 0.717) is 6.42 Å². The van der Waals surface area contributed by atoms with Crippen molar-refractivity contribution < 1.29 is 15.0 Å². The molecule has 0 aromatic carbocycles. The number of hydrogen-bond acceptors (Lipinski definition) is 3. The zero-order valence-electron chi connectivity index (χ0n) is 20.8. The van der Waals surface area contributed by atoms with Crippen LogP contribution in [-0.2, 0) is 4.79 Å². The SMILES string of the molecule is CCCCCCCCCCCCCCCCC/C=C/C(O)C(CO)NC(=O)CCCC. The largest absolute Gasteiger partial charge is 0.394 e. The Balaban J connectivity index is 3.50. The van der Waals surface area contributed by atoms with Crippen LogP contribution in [0.4, 0.5) is 0 Å². The second-order valence-electron chi connectivity index (χ2n) is 9.12. The Hall–Kier alpha value is -0.870. The fraction of sp³-hybridized carbons (Fsp3) is 0.889. The molecule has 0 aliphatic carbocycles. The number of aliphatic hydroxyl groups is 2. The van der Waals surface area contributed by atoms with Crippen LogP contribution < -0.4 is 5.32 Å². The van der Waals surface area contributed by atoms with E-state index in [4.69, 9.17) is 0 Å². The third-order valence-electron chi connectivity index (χ3n) is 6.02. The average molecular weight is 440 g/mol. The Morgan fingerprint density at radius 1 is 0.742 bits per heavy atom. The molecule has 2 unspecified atom stereocenters. The summed E-state index contributed by atoms with van der Waals surface area (Å²) in [5.74, 6) is -0.101. The first kappa shape index (κ1) is 30.1. The van der Waals surface area contributed by atoms with Crippen molar-refractivity contribution in [3.63, 3.8) is 0 Å². The third kappa shape index (κ3) is 20.8. The van der Waals surface area contributed by atoms with Crippen LogP contribution in [0.15, 0.2) is 12.2 Å². The number of unbranched alkanes of at least 4 members (excludes halogenated alkanes) is 16. The van der Waals surface area contributed by atoms with Crippen molar-refractivity contribution in [3.8, 4) is 0 Å². The van der Waals surface area contributed by atoms with Gasteiger partial charge < -0.3 is 15.5 Å². The molecule has 31 heavy (non-hydrogen) atoms. The summed E-state index contributed by atoms with van der Waals surface area (Å²) in [5, 5.41) is 22.3. The van der Waals surface area contributed by atoms with Crippen molar-refractivity contribution in [1.29, 1.82) is 0 Å². The van der Waals surface area contributed by atoms with E-state index in [1.807, 2.05) is 13.0 Å². The first-order chi connectivity index (χ1) is 15.2. The summed E-state index contributed by atoms with van der Waals surface area (Å²) in [7, 11) is 0. The Kier molecular flexibility index (Phi) is 23.1. The van der Waals surface area contributed by atoms with E-state index < -0.39 is 12.1 Å². The highest BCUT2D eigenvalue weighted by Gasteiger charge is 2.17. The number of rotatable bonds is 23. The van der Waals surface area contributed by atoms with Crippen LogP contribution >= 0.6 is 0 Å². The molecule has 1 amide bonds. The zero-order valence-corrected chi connectivity index (χ0v) is 20.8. The Morgan fingerprint density at radius 3 is 1.65 bits per heavy atom. The van der Waals surface area contributed by atoms with Gasteiger partial charge >= 0.3 is 0 Å². The lowest BCUT2D eigenvalue weighted by atomic mass is 10.0. The minimum Gasteiger partial charge on any atom is -0.394 e. The monoisotopic (exact) mass is 439 g/mol. The van der Waals surface area contributed by atoms with E-state index in [9.17, 15) is 15.0 Å². The van der Waals surface area contributed by atoms with E-state index in [0.717, 1.165) is 25.7 Å². The number of aliphatic hydroxyl groups excluding tert-OH is 2. The van der Waals surface area contributed by atoms with Crippen LogP contribution in [0.3, 0.4) is 0 Å². The van der Waals surface area contributed by atoms with E-state index in [2.05, 4.69) is 12.2 Å². The Labute approximate surface area is 193 Å². The van der Waals surface area contributed by atoms with Crippen LogP contribution in [0.5, 0.6) is 0 Å². The molecule has 0 aromatic rings. The summed E-state index contributed by atoms with van der Waals surface area (Å²) in [6, 6.07) is -0.610. The fourth-order valence-electron chi connectivity index (χ4n) is 3.86. The molecule has 0 aromatic heterocycles. The second-order valence-corrected chi connectivity index (χ2v) is 9.12. The van der Waals surface area contributed by atoms with Gasteiger partial charge in [-0.2, -0.15) is 0 Å². The van der Waals surface area contributed by atoms with Crippen LogP contribution in [-0.4, -0.2) is 34.9 Å². The number of allylic oxidation sites excluding steroid dienone is 1. The molecule has 0 fully saturated rings. The lowest BCUT2D eigenvalue weighted by Gasteiger charge is -2.19. The van der Waals surface area contributed by atoms with E-state index in [1.54, 1.807) is 6.08 Å². The van der Waals surface area contributed by atoms with Gasteiger partial charge in [0.2, 0.25) is 5.91 Å². The van der Waals surface area contributed by atoms with Crippen LogP contribution in [0.1, 0.15) is 136 Å². The Morgan fingerprint density at radius 2 is 1.19 bits per heavy atom. The topological polar surface area (TPSA) is 69.6 Å². The van der Waals surface area contributed by atoms with E-state index in [1.165, 1.54) is 89.9 Å². The molecule has 0 spiro atoms. The quantitative estimate of drug-likeness (QED) is 0.121. The maximum atomic E-state index is 11.8. The minimum atomic E-state index is -0.827. The minimum absolute atomic E-state index is 0.101. The van der Waals surface area contributed by atoms with Crippen molar-refractivity contribution in [2.45, 2.75) is 148 Å². The lowest BCUT2D eigenvalue weighted by molar-refractivity contribution is -0.122. The molecule has 4 nitrogen and oxygen atoms in total. The van der Waals surface area contributed by atoms with E-state index in [-0.39, 0.29) is 12.5 Å². The van der Waals surface area contributed by atoms with Gasteiger partial charge in [-0.15, -0.1) is 0 Å². The number of carbonyl (C=O) groups excluding carboxylic acids is 1. The maximum Gasteiger partial charge on any atom is 0.220 e. The molecule has 2 atom stereocenters. The summed E-state index contributed by atoms with van der Waals surface area (Å²) in [5.41, 5.74) is 0. The summed E-state index contributed by atoms with van der Waals surface area (Å²) in [6.07, 6.45) is 26.5. The average Bonchev–Trinajstić information content (AvgIpc) is 2.77. The van der Waals surface area contributed by atoms with Crippen molar-refractivity contribution in [2.24, 2.45) is 0 Å². The molecular weight excluding hydrogens is 386 g/mol. The van der Waals surface area contributed by atoms with Gasteiger partial charge in [0.1, 0.15) is 0 Å². The highest BCUT2D eigenvalue weighted by atomic mass is 16.3. The first-order valence-corrected chi connectivity index (χ1v) is 13.4. The molecule has 4 heteroatoms. The van der Waals surface area contributed by atoms with Gasteiger partial charge in [0.05, 0.1) is 18.8 Å². The van der Waals surface area contributed by atoms with Gasteiger partial charge in [-0.25, -0.2) is 0 Å². The third-order valence-corrected chi connectivity index (χ3v) is 6.02. The first-order valence-electron chi connectivity index (χ1n) is 13.4. The molecule has 0 heterocycles. The number of nitrogens with one attached hydrogen (secondary N) is 1. The van der Waals surface area contributed by atoms with Crippen molar-refractivity contribution in [1.82, 2.24) is 5.32 Å². The molecule has 0 aliphatic rings. The summed E-state index contributed by atoms with van der Waals surface area (Å²) in [4.78, 5) is 11.8. The molecule has 0 saturated heterocycles. The summed E-state index contributed by atoms with van der Waals surface area (Å²) >= 11 is 0. The van der Waals surface area contributed by atoms with Gasteiger partial charge in [-0.3, -0.25) is 4.79 Å². The van der Waals surface area contributed by atoms with Gasteiger partial charge in [-0.1, -0.05) is 122 Å². The molecule has 184 valence electrons. The van der Waals surface area contributed by atoms with Crippen molar-refractivity contribution in [3.05, 3.63) is 12.2 Å². The molecular formula is C27H53NO3. The van der Waals surface area contributed by atoms with Gasteiger partial charge in [-0.05, 0) is 19.3 Å². The summed E-state index contributed by atoms with van der Waals surface area (Å²) in [6.45, 7) is 4.06. The normalized spacial score (nSPS) is 13.5. The van der Waals surface area contributed by atoms with Crippen LogP contribution in [0, 0.1) is 0 Å². The predicted molar refractivity (Wildman–Crippen MR) is 133 cm³/mol. The summed E-state index contributed by atoms with van der Waals surface area (Å²) < 4.78 is 0. The lowest BCUT2D eigenvalue weighted by Crippen LogP contribution is -2.45. The highest BCUT2D eigenvalue weighted by molar-refractivity contribution is 5.76. The molecule has 0 rings (SSSR count). The van der Waals surface area contributed by atoms with Gasteiger partial charge in [0, 0.05) is 6.42 Å². The van der Waals surface area contributed by atoms with E-state index >= 15 is 0 Å². The number of hydrogen-bond donors (Lipinski definition) is 3. The number of amides is 1. The zero-order chi connectivity index (χ0) is 23.0. The Bertz CT molecular complexity index is 411. The van der Waals surface area contributed by atoms with Gasteiger partial charge in [0.25, 0.3) is 0 Å². The second kappa shape index (κ2) is 23.8. The molecule has 3 N–H and O–H groups in total. The molecule has 0 saturated carbocycles. The fourth-order valence-corrected chi connectivity index (χ4v) is 3.86. The van der Waals surface area contributed by atoms with Crippen LogP contribution in [0.2, 0.25) is 0 Å². The van der Waals surface area contributed by atoms with Crippen molar-refractivity contribution in [2.75, 3.05) is 6.61 Å². The van der Waals surface area contributed by atoms with Crippen molar-refractivity contribution >= 4 is 5.91 Å². The highest BCUT2D eigenvalue weighted by Crippen LogP contribution is 2.14. The maximum absolute atomic E-state index is 11.8. The molecule has 0 radical (unpaired) electrons. The standard InChI is InChI=1S/C27H53NO3/c1-3-5-7-8-9-10-11-12-13-14-15-16-17-18-19-20-21-22-26(30)25(24-29)28-27(31)23-6-4-2/h21-22,25-26,29-30H,3-20,23-24H2,1-2H3,(H,28,31)/b22-21+. The predicted octanol–water partition coefficient (Wildman–Crippen LogP) is 6.83. The number of carbonyl (C=O) groups is 1. The molecule has 0 aliphatic heterocycles. The van der Waals surface area contributed by atoms with Gasteiger partial charge in [0.15, 0.2) is 0 Å². The smallest absolute Gasteiger partial charge is 0.220 e. The molecule has 0 bridgehead atoms. The van der Waals surface area contributed by atoms with Crippen LogP contribution in [0.25, 0.3) is 0 Å².